The van der Waals surface area contributed by atoms with E-state index in [-0.39, 0.29) is 0 Å². The number of nitrogens with one attached hydrogen (secondary N) is 1. The van der Waals surface area contributed by atoms with Crippen LogP contribution >= 0.6 is 31.9 Å². The molecule has 3 aromatic rings. The summed E-state index contributed by atoms with van der Waals surface area (Å²) in [5.41, 5.74) is 10.7. The number of fused-ring (bicyclic) bond motifs is 1. The fourth-order valence-electron chi connectivity index (χ4n) is 2.04. The van der Waals surface area contributed by atoms with E-state index in [0.717, 1.165) is 31.4 Å². The van der Waals surface area contributed by atoms with E-state index in [0.29, 0.717) is 5.69 Å². The Balaban J connectivity index is 2.20. The summed E-state index contributed by atoms with van der Waals surface area (Å²) in [5.74, 6) is 0.820. The Hall–Kier alpha value is -1.33. The summed E-state index contributed by atoms with van der Waals surface area (Å²) in [6, 6.07) is 9.96. The zero-order valence-corrected chi connectivity index (χ0v) is 13.3. The molecule has 1 aromatic heterocycles. The maximum absolute atomic E-state index is 5.91. The number of nitrogen functional groups attached to an aromatic ring is 1. The number of nitrogens with zero attached hydrogens (tertiary/aromatic N) is 1. The van der Waals surface area contributed by atoms with Gasteiger partial charge in [0.05, 0.1) is 5.52 Å². The monoisotopic (exact) mass is 379 g/mol. The predicted molar refractivity (Wildman–Crippen MR) is 86.1 cm³/mol. The first-order chi connectivity index (χ1) is 9.04. The van der Waals surface area contributed by atoms with Crippen LogP contribution in [-0.2, 0) is 0 Å². The highest BCUT2D eigenvalue weighted by Crippen LogP contribution is 2.29. The Morgan fingerprint density at radius 2 is 1.89 bits per heavy atom. The number of nitrogens with two attached hydrogens (primary N) is 1. The van der Waals surface area contributed by atoms with E-state index in [1.807, 2.05) is 18.2 Å². The van der Waals surface area contributed by atoms with Gasteiger partial charge in [-0.15, -0.1) is 0 Å². The quantitative estimate of drug-likeness (QED) is 0.604. The molecule has 3 N–H and O–H groups in total. The van der Waals surface area contributed by atoms with Crippen LogP contribution in [0.5, 0.6) is 0 Å². The first-order valence-corrected chi connectivity index (χ1v) is 7.34. The van der Waals surface area contributed by atoms with Gasteiger partial charge in [0.25, 0.3) is 0 Å². The molecular formula is C14H11Br2N3. The molecule has 0 unspecified atom stereocenters. The maximum Gasteiger partial charge on any atom is 0.138 e. The van der Waals surface area contributed by atoms with Gasteiger partial charge in [-0.25, -0.2) is 4.98 Å². The number of hydrogen-bond acceptors (Lipinski definition) is 2. The van der Waals surface area contributed by atoms with Crippen LogP contribution in [0.1, 0.15) is 5.56 Å². The molecule has 0 atom stereocenters. The van der Waals surface area contributed by atoms with E-state index < -0.39 is 0 Å². The van der Waals surface area contributed by atoms with Crippen LogP contribution < -0.4 is 5.73 Å². The highest BCUT2D eigenvalue weighted by Gasteiger charge is 2.09. The van der Waals surface area contributed by atoms with Gasteiger partial charge in [-0.2, -0.15) is 0 Å². The van der Waals surface area contributed by atoms with Crippen molar-refractivity contribution in [1.82, 2.24) is 9.97 Å². The molecule has 0 saturated heterocycles. The summed E-state index contributed by atoms with van der Waals surface area (Å²) >= 11 is 6.94. The fourth-order valence-corrected chi connectivity index (χ4v) is 2.95. The largest absolute Gasteiger partial charge is 0.398 e. The summed E-state index contributed by atoms with van der Waals surface area (Å²) in [7, 11) is 0. The summed E-state index contributed by atoms with van der Waals surface area (Å²) in [6.07, 6.45) is 0. The summed E-state index contributed by atoms with van der Waals surface area (Å²) < 4.78 is 1.89. The van der Waals surface area contributed by atoms with Crippen LogP contribution in [0.15, 0.2) is 39.3 Å². The molecule has 0 fully saturated rings. The lowest BCUT2D eigenvalue weighted by atomic mass is 10.2. The minimum atomic E-state index is 0.702. The number of H-pyrrole nitrogens is 1. The predicted octanol–water partition coefficient (Wildman–Crippen LogP) is 4.65. The van der Waals surface area contributed by atoms with Crippen molar-refractivity contribution in [2.24, 2.45) is 0 Å². The zero-order chi connectivity index (χ0) is 13.6. The Labute approximate surface area is 127 Å². The van der Waals surface area contributed by atoms with Crippen LogP contribution in [0.3, 0.4) is 0 Å². The van der Waals surface area contributed by atoms with Gasteiger partial charge in [-0.3, -0.25) is 0 Å². The Kier molecular flexibility index (Phi) is 3.11. The van der Waals surface area contributed by atoms with Gasteiger partial charge < -0.3 is 10.7 Å². The Morgan fingerprint density at radius 1 is 1.11 bits per heavy atom. The third kappa shape index (κ3) is 2.28. The molecule has 0 aliphatic rings. The van der Waals surface area contributed by atoms with Gasteiger partial charge in [0.2, 0.25) is 0 Å². The zero-order valence-electron chi connectivity index (χ0n) is 10.2. The Bertz CT molecular complexity index is 778. The summed E-state index contributed by atoms with van der Waals surface area (Å²) in [6.45, 7) is 2.06. The van der Waals surface area contributed by atoms with Crippen molar-refractivity contribution in [3.63, 3.8) is 0 Å². The molecule has 19 heavy (non-hydrogen) atoms. The van der Waals surface area contributed by atoms with E-state index in [4.69, 9.17) is 5.73 Å². The third-order valence-electron chi connectivity index (χ3n) is 2.95. The number of benzene rings is 2. The molecule has 0 saturated carbocycles. The van der Waals surface area contributed by atoms with Gasteiger partial charge in [0.15, 0.2) is 0 Å². The number of aromatic amines is 1. The molecular weight excluding hydrogens is 370 g/mol. The van der Waals surface area contributed by atoms with Crippen LogP contribution in [0.4, 0.5) is 5.69 Å². The second-order valence-corrected chi connectivity index (χ2v) is 6.17. The molecule has 0 aliphatic heterocycles. The highest BCUT2D eigenvalue weighted by molar-refractivity contribution is 9.11. The van der Waals surface area contributed by atoms with E-state index in [2.05, 4.69) is 60.9 Å². The van der Waals surface area contributed by atoms with E-state index in [1.54, 1.807) is 0 Å². The Morgan fingerprint density at radius 3 is 2.63 bits per heavy atom. The normalized spacial score (nSPS) is 11.1. The summed E-state index contributed by atoms with van der Waals surface area (Å²) in [5, 5.41) is 0. The van der Waals surface area contributed by atoms with E-state index in [1.165, 1.54) is 5.56 Å². The lowest BCUT2D eigenvalue weighted by molar-refractivity contribution is 1.33. The third-order valence-corrected chi connectivity index (χ3v) is 4.28. The first kappa shape index (κ1) is 12.7. The van der Waals surface area contributed by atoms with Crippen molar-refractivity contribution in [2.75, 3.05) is 5.73 Å². The number of anilines is 1. The SMILES string of the molecule is Cc1cc(Br)c2nc(-c3ccc(Br)c(N)c3)[nH]c2c1. The molecule has 5 heteroatoms. The van der Waals surface area contributed by atoms with Gasteiger partial charge in [-0.05, 0) is 74.7 Å². The van der Waals surface area contributed by atoms with Crippen LogP contribution in [-0.4, -0.2) is 9.97 Å². The summed E-state index contributed by atoms with van der Waals surface area (Å²) in [4.78, 5) is 7.95. The van der Waals surface area contributed by atoms with Crippen molar-refractivity contribution in [3.05, 3.63) is 44.8 Å². The average Bonchev–Trinajstić information content (AvgIpc) is 2.76. The molecule has 0 amide bonds. The van der Waals surface area contributed by atoms with Gasteiger partial charge in [0, 0.05) is 20.2 Å². The molecule has 2 aromatic carbocycles. The number of halogens is 2. The molecule has 3 rings (SSSR count). The number of imidazole rings is 1. The van der Waals surface area contributed by atoms with Gasteiger partial charge >= 0.3 is 0 Å². The number of rotatable bonds is 1. The molecule has 0 bridgehead atoms. The molecule has 0 aliphatic carbocycles. The molecule has 96 valence electrons. The minimum Gasteiger partial charge on any atom is -0.398 e. The second-order valence-electron chi connectivity index (χ2n) is 4.46. The standard InChI is InChI=1S/C14H11Br2N3/c1-7-4-10(16)13-12(5-7)18-14(19-13)8-2-3-9(15)11(17)6-8/h2-6H,17H2,1H3,(H,18,19). The highest BCUT2D eigenvalue weighted by atomic mass is 79.9. The lowest BCUT2D eigenvalue weighted by Gasteiger charge is -2.00. The molecule has 1 heterocycles. The van der Waals surface area contributed by atoms with E-state index in [9.17, 15) is 0 Å². The minimum absolute atomic E-state index is 0.702. The second kappa shape index (κ2) is 4.65. The van der Waals surface area contributed by atoms with Crippen LogP contribution in [0.25, 0.3) is 22.4 Å². The average molecular weight is 381 g/mol. The van der Waals surface area contributed by atoms with Gasteiger partial charge in [0.1, 0.15) is 11.3 Å². The molecule has 0 spiro atoms. The molecule has 3 nitrogen and oxygen atoms in total. The number of aryl methyl sites for hydroxylation is 1. The van der Waals surface area contributed by atoms with Crippen molar-refractivity contribution in [2.45, 2.75) is 6.92 Å². The molecule has 0 radical (unpaired) electrons. The van der Waals surface area contributed by atoms with Crippen molar-refractivity contribution >= 4 is 48.6 Å². The number of hydrogen-bond donors (Lipinski definition) is 2. The van der Waals surface area contributed by atoms with Crippen LogP contribution in [0, 0.1) is 6.92 Å². The van der Waals surface area contributed by atoms with E-state index >= 15 is 0 Å². The van der Waals surface area contributed by atoms with Gasteiger partial charge in [-0.1, -0.05) is 0 Å². The maximum atomic E-state index is 5.91. The van der Waals surface area contributed by atoms with Crippen LogP contribution in [0.2, 0.25) is 0 Å². The lowest BCUT2D eigenvalue weighted by Crippen LogP contribution is -1.88. The first-order valence-electron chi connectivity index (χ1n) is 5.76. The van der Waals surface area contributed by atoms with Crippen molar-refractivity contribution in [1.29, 1.82) is 0 Å². The smallest absolute Gasteiger partial charge is 0.138 e. The van der Waals surface area contributed by atoms with Crippen molar-refractivity contribution in [3.8, 4) is 11.4 Å². The topological polar surface area (TPSA) is 54.7 Å². The fraction of sp³-hybridized carbons (Fsp3) is 0.0714. The van der Waals surface area contributed by atoms with Crippen molar-refractivity contribution < 1.29 is 0 Å². The number of aromatic nitrogens is 2.